The van der Waals surface area contributed by atoms with Crippen molar-refractivity contribution in [3.8, 4) is 0 Å². The van der Waals surface area contributed by atoms with Gasteiger partial charge in [-0.15, -0.1) is 0 Å². The monoisotopic (exact) mass is 306 g/mol. The van der Waals surface area contributed by atoms with E-state index in [-0.39, 0.29) is 5.82 Å². The maximum Gasteiger partial charge on any atom is 0.355 e. The number of hydrogen-bond acceptors (Lipinski definition) is 6. The molecule has 0 fully saturated rings. The van der Waals surface area contributed by atoms with Crippen molar-refractivity contribution in [2.75, 3.05) is 5.32 Å². The van der Waals surface area contributed by atoms with Crippen molar-refractivity contribution < 1.29 is 9.86 Å². The smallest absolute Gasteiger partial charge is 0.355 e. The van der Waals surface area contributed by atoms with Gasteiger partial charge in [0.05, 0.1) is 11.9 Å². The van der Waals surface area contributed by atoms with Crippen LogP contribution >= 0.6 is 11.6 Å². The lowest BCUT2D eigenvalue weighted by molar-refractivity contribution is -0.465. The van der Waals surface area contributed by atoms with E-state index in [0.717, 1.165) is 16.3 Å². The van der Waals surface area contributed by atoms with Crippen molar-refractivity contribution in [3.05, 3.63) is 74.5 Å². The molecule has 2 heterocycles. The van der Waals surface area contributed by atoms with E-state index in [9.17, 15) is 10.1 Å². The number of rotatable bonds is 3. The maximum absolute atomic E-state index is 11.0. The fourth-order valence-corrected chi connectivity index (χ4v) is 2.20. The van der Waals surface area contributed by atoms with Crippen LogP contribution in [0, 0.1) is 17.0 Å². The summed E-state index contributed by atoms with van der Waals surface area (Å²) in [6, 6.07) is 5.48. The molecule has 0 aliphatic carbocycles. The van der Waals surface area contributed by atoms with Gasteiger partial charge in [-0.3, -0.25) is 0 Å². The third-order valence-electron chi connectivity index (χ3n) is 3.10. The number of benzene rings is 1. The Kier molecular flexibility index (Phi) is 3.28. The molecule has 2 aliphatic heterocycles. The summed E-state index contributed by atoms with van der Waals surface area (Å²) >= 11 is 5.99. The predicted octanol–water partition coefficient (Wildman–Crippen LogP) is 2.67. The first-order valence-corrected chi connectivity index (χ1v) is 6.47. The second-order valence-corrected chi connectivity index (χ2v) is 4.92. The van der Waals surface area contributed by atoms with Gasteiger partial charge in [-0.25, -0.2) is 5.48 Å². The van der Waals surface area contributed by atoms with E-state index in [4.69, 9.17) is 16.5 Å². The molecule has 3 rings (SSSR count). The van der Waals surface area contributed by atoms with Gasteiger partial charge in [0.1, 0.15) is 0 Å². The molecule has 7 nitrogen and oxygen atoms in total. The first-order valence-electron chi connectivity index (χ1n) is 6.09. The van der Waals surface area contributed by atoms with Crippen molar-refractivity contribution in [2.45, 2.75) is 6.92 Å². The molecule has 0 spiro atoms. The molecule has 0 saturated heterocycles. The summed E-state index contributed by atoms with van der Waals surface area (Å²) in [6.45, 7) is 1.94. The lowest BCUT2D eigenvalue weighted by atomic mass is 10.1. The molecule has 2 aliphatic rings. The second-order valence-electron chi connectivity index (χ2n) is 4.48. The molecule has 0 aromatic heterocycles. The van der Waals surface area contributed by atoms with Gasteiger partial charge >= 0.3 is 5.82 Å². The Balaban J connectivity index is 1.95. The lowest BCUT2D eigenvalue weighted by Crippen LogP contribution is -2.29. The highest BCUT2D eigenvalue weighted by Crippen LogP contribution is 2.30. The molecule has 21 heavy (non-hydrogen) atoms. The number of nitrogens with zero attached hydrogens (tertiary/aromatic N) is 2. The molecular formula is C13H11ClN4O3. The van der Waals surface area contributed by atoms with Crippen LogP contribution in [0.4, 0.5) is 5.69 Å². The zero-order chi connectivity index (χ0) is 15.0. The number of nitrogens with one attached hydrogen (secondary N) is 2. The number of hydroxylamine groups is 3. The van der Waals surface area contributed by atoms with E-state index in [0.29, 0.717) is 16.4 Å². The number of hydrogen-bond donors (Lipinski definition) is 2. The Hall–Kier alpha value is -2.51. The van der Waals surface area contributed by atoms with Gasteiger partial charge in [0.15, 0.2) is 0 Å². The highest BCUT2D eigenvalue weighted by molar-refractivity contribution is 6.30. The third-order valence-corrected chi connectivity index (χ3v) is 3.33. The van der Waals surface area contributed by atoms with Gasteiger partial charge in [0.25, 0.3) is 0 Å². The van der Waals surface area contributed by atoms with Crippen LogP contribution in [0.3, 0.4) is 0 Å². The summed E-state index contributed by atoms with van der Waals surface area (Å²) in [6.07, 6.45) is 4.53. The summed E-state index contributed by atoms with van der Waals surface area (Å²) in [4.78, 5) is 15.5. The van der Waals surface area contributed by atoms with E-state index < -0.39 is 4.92 Å². The minimum atomic E-state index is -0.515. The van der Waals surface area contributed by atoms with Gasteiger partial charge in [0.2, 0.25) is 5.70 Å². The normalized spacial score (nSPS) is 16.5. The second kappa shape index (κ2) is 5.12. The summed E-state index contributed by atoms with van der Waals surface area (Å²) in [5, 5.41) is 15.9. The van der Waals surface area contributed by atoms with E-state index in [1.165, 1.54) is 12.3 Å². The number of halogens is 1. The predicted molar refractivity (Wildman–Crippen MR) is 77.1 cm³/mol. The average Bonchev–Trinajstić information content (AvgIpc) is 2.92. The van der Waals surface area contributed by atoms with Gasteiger partial charge in [-0.2, -0.15) is 0 Å². The van der Waals surface area contributed by atoms with Crippen LogP contribution < -0.4 is 10.8 Å². The molecule has 0 radical (unpaired) electrons. The van der Waals surface area contributed by atoms with Crippen LogP contribution in [0.2, 0.25) is 5.02 Å². The molecule has 0 atom stereocenters. The highest BCUT2D eigenvalue weighted by atomic mass is 35.5. The molecule has 0 unspecified atom stereocenters. The Morgan fingerprint density at radius 1 is 1.43 bits per heavy atom. The zero-order valence-electron chi connectivity index (χ0n) is 11.0. The maximum atomic E-state index is 11.0. The molecule has 0 saturated carbocycles. The number of aryl methyl sites for hydroxylation is 1. The van der Waals surface area contributed by atoms with Crippen LogP contribution in [0.25, 0.3) is 0 Å². The molecule has 0 bridgehead atoms. The van der Waals surface area contributed by atoms with Crippen LogP contribution in [0.5, 0.6) is 0 Å². The molecule has 2 N–H and O–H groups in total. The SMILES string of the molecule is Cc1ccc(Cl)cc1NC1=CC=C([N+](=O)[O-])N2ONC=C12. The Morgan fingerprint density at radius 2 is 2.24 bits per heavy atom. The number of allylic oxidation sites excluding steroid dienone is 2. The van der Waals surface area contributed by atoms with Gasteiger partial charge in [0, 0.05) is 16.8 Å². The summed E-state index contributed by atoms with van der Waals surface area (Å²) in [5.41, 5.74) is 5.50. The topological polar surface area (TPSA) is 79.7 Å². The van der Waals surface area contributed by atoms with E-state index in [1.807, 2.05) is 13.0 Å². The van der Waals surface area contributed by atoms with E-state index >= 15 is 0 Å². The first-order chi connectivity index (χ1) is 10.1. The Morgan fingerprint density at radius 3 is 3.00 bits per heavy atom. The minimum absolute atomic E-state index is 0.167. The highest BCUT2D eigenvalue weighted by Gasteiger charge is 2.37. The molecule has 1 aromatic carbocycles. The van der Waals surface area contributed by atoms with Crippen LogP contribution in [0.1, 0.15) is 5.56 Å². The summed E-state index contributed by atoms with van der Waals surface area (Å²) < 4.78 is 0. The number of anilines is 1. The molecule has 8 heteroatoms. The lowest BCUT2D eigenvalue weighted by Gasteiger charge is -2.19. The Labute approximate surface area is 125 Å². The largest absolute Gasteiger partial charge is 0.358 e. The van der Waals surface area contributed by atoms with Gasteiger partial charge < -0.3 is 15.4 Å². The standard InChI is InChI=1S/C13H11ClN4O3/c1-8-2-3-9(14)6-11(8)16-10-4-5-13(18(19)20)17-12(10)7-15-21-17/h2-7,15-16H,1H3. The van der Waals surface area contributed by atoms with Gasteiger partial charge in [-0.05, 0) is 40.7 Å². The summed E-state index contributed by atoms with van der Waals surface area (Å²) in [5.74, 6) is -0.167. The van der Waals surface area contributed by atoms with Crippen molar-refractivity contribution >= 4 is 17.3 Å². The van der Waals surface area contributed by atoms with Crippen molar-refractivity contribution in [1.82, 2.24) is 10.5 Å². The van der Waals surface area contributed by atoms with Crippen LogP contribution in [-0.2, 0) is 4.94 Å². The van der Waals surface area contributed by atoms with Crippen molar-refractivity contribution in [3.63, 3.8) is 0 Å². The number of nitro groups is 1. The fourth-order valence-electron chi connectivity index (χ4n) is 2.03. The van der Waals surface area contributed by atoms with Crippen LogP contribution in [0.15, 0.2) is 53.8 Å². The molecule has 108 valence electrons. The minimum Gasteiger partial charge on any atom is -0.358 e. The number of fused-ring (bicyclic) bond motifs is 1. The van der Waals surface area contributed by atoms with Crippen molar-refractivity contribution in [1.29, 1.82) is 0 Å². The first kappa shape index (κ1) is 13.5. The van der Waals surface area contributed by atoms with E-state index in [2.05, 4.69) is 10.8 Å². The average molecular weight is 307 g/mol. The fraction of sp³-hybridized carbons (Fsp3) is 0.0769. The van der Waals surface area contributed by atoms with Gasteiger partial charge in [-0.1, -0.05) is 22.6 Å². The molecule has 0 amide bonds. The molecule has 1 aromatic rings. The quantitative estimate of drug-likeness (QED) is 0.660. The molecular weight excluding hydrogens is 296 g/mol. The summed E-state index contributed by atoms with van der Waals surface area (Å²) in [7, 11) is 0. The Bertz CT molecular complexity index is 711. The third kappa shape index (κ3) is 2.44. The van der Waals surface area contributed by atoms with E-state index in [1.54, 1.807) is 18.2 Å². The van der Waals surface area contributed by atoms with Crippen molar-refractivity contribution in [2.24, 2.45) is 0 Å². The zero-order valence-corrected chi connectivity index (χ0v) is 11.7. The van der Waals surface area contributed by atoms with Crippen LogP contribution in [-0.4, -0.2) is 9.99 Å².